The average molecular weight is 453 g/mol. The van der Waals surface area contributed by atoms with E-state index in [0.29, 0.717) is 12.1 Å². The number of methoxy groups -OCH3 is 1. The van der Waals surface area contributed by atoms with Crippen LogP contribution in [0.2, 0.25) is 0 Å². The molecule has 172 valence electrons. The lowest BCUT2D eigenvalue weighted by Crippen LogP contribution is -2.44. The Morgan fingerprint density at radius 1 is 0.938 bits per heavy atom. The van der Waals surface area contributed by atoms with E-state index in [4.69, 9.17) is 4.74 Å². The minimum Gasteiger partial charge on any atom is -0.497 e. The molecule has 2 aromatic rings. The molecule has 1 saturated heterocycles. The monoisotopic (exact) mass is 452 g/mol. The fraction of sp³-hybridized carbons (Fsp3) is 0.519. The van der Waals surface area contributed by atoms with Crippen molar-refractivity contribution in [3.63, 3.8) is 0 Å². The van der Waals surface area contributed by atoms with Crippen LogP contribution in [0.25, 0.3) is 0 Å². The molecule has 3 unspecified atom stereocenters. The first-order valence-corrected chi connectivity index (χ1v) is 12.9. The van der Waals surface area contributed by atoms with Crippen molar-refractivity contribution in [2.75, 3.05) is 25.1 Å². The largest absolute Gasteiger partial charge is 0.497 e. The first-order valence-electron chi connectivity index (χ1n) is 12.0. The summed E-state index contributed by atoms with van der Waals surface area (Å²) in [5, 5.41) is -0.203. The Morgan fingerprint density at radius 3 is 2.34 bits per heavy atom. The summed E-state index contributed by atoms with van der Waals surface area (Å²) in [6, 6.07) is 17.6. The molecule has 3 atom stereocenters. The Balaban J connectivity index is 1.38. The Morgan fingerprint density at radius 2 is 1.62 bits per heavy atom. The Bertz CT molecular complexity index is 891. The summed E-state index contributed by atoms with van der Waals surface area (Å²) >= 11 is 1.66. The molecule has 0 bridgehead atoms. The Labute approximate surface area is 197 Å². The van der Waals surface area contributed by atoms with Crippen LogP contribution in [0.3, 0.4) is 0 Å². The van der Waals surface area contributed by atoms with E-state index >= 15 is 0 Å². The van der Waals surface area contributed by atoms with Gasteiger partial charge in [-0.05, 0) is 75.9 Å². The van der Waals surface area contributed by atoms with Crippen molar-refractivity contribution in [2.45, 2.75) is 74.6 Å². The van der Waals surface area contributed by atoms with E-state index in [1.807, 2.05) is 35.2 Å². The number of hydrogen-bond acceptors (Lipinski definition) is 4. The number of para-hydroxylation sites is 1. The molecule has 2 aromatic carbocycles. The van der Waals surface area contributed by atoms with Crippen LogP contribution in [0.1, 0.15) is 63.2 Å². The molecule has 0 N–H and O–H groups in total. The summed E-state index contributed by atoms with van der Waals surface area (Å²) in [5.74, 6) is 1.01. The van der Waals surface area contributed by atoms with Gasteiger partial charge in [-0.2, -0.15) is 0 Å². The molecule has 2 aliphatic rings. The van der Waals surface area contributed by atoms with Crippen LogP contribution >= 0.6 is 11.8 Å². The van der Waals surface area contributed by atoms with Gasteiger partial charge in [0.25, 0.3) is 0 Å². The average Bonchev–Trinajstić information content (AvgIpc) is 2.81. The third-order valence-electron chi connectivity index (χ3n) is 6.98. The molecule has 4 nitrogen and oxygen atoms in total. The predicted octanol–water partition coefficient (Wildman–Crippen LogP) is 6.31. The zero-order valence-corrected chi connectivity index (χ0v) is 20.4. The second-order valence-corrected chi connectivity index (χ2v) is 10.3. The summed E-state index contributed by atoms with van der Waals surface area (Å²) in [6.07, 6.45) is 7.41. The van der Waals surface area contributed by atoms with Crippen molar-refractivity contribution >= 4 is 23.4 Å². The third kappa shape index (κ3) is 5.15. The van der Waals surface area contributed by atoms with Crippen LogP contribution in [-0.2, 0) is 4.79 Å². The molecule has 1 fully saturated rings. The smallest absolute Gasteiger partial charge is 0.245 e. The van der Waals surface area contributed by atoms with Gasteiger partial charge in [0.1, 0.15) is 11.0 Å². The lowest BCUT2D eigenvalue weighted by Gasteiger charge is -2.39. The number of piperidine rings is 1. The van der Waals surface area contributed by atoms with Crippen LogP contribution in [-0.4, -0.2) is 43.1 Å². The Hall–Kier alpha value is -1.98. The maximum Gasteiger partial charge on any atom is 0.245 e. The fourth-order valence-corrected chi connectivity index (χ4v) is 6.33. The normalized spacial score (nSPS) is 23.8. The highest BCUT2D eigenvalue weighted by molar-refractivity contribution is 8.00. The number of thioether (sulfide) groups is 1. The van der Waals surface area contributed by atoms with Gasteiger partial charge in [-0.25, -0.2) is 0 Å². The number of nitrogens with zero attached hydrogens (tertiary/aromatic N) is 2. The molecule has 32 heavy (non-hydrogen) atoms. The molecule has 0 saturated carbocycles. The number of anilines is 1. The number of benzene rings is 2. The van der Waals surface area contributed by atoms with Gasteiger partial charge in [-0.3, -0.25) is 9.69 Å². The SMILES string of the molecule is COc1ccc(C2Sc3ccccc3N(CCCCCN3C(C)CCCC3C)C2=O)cc1. The van der Waals surface area contributed by atoms with E-state index in [2.05, 4.69) is 36.9 Å². The van der Waals surface area contributed by atoms with Gasteiger partial charge >= 0.3 is 0 Å². The van der Waals surface area contributed by atoms with Gasteiger partial charge in [-0.15, -0.1) is 11.8 Å². The number of fused-ring (bicyclic) bond motifs is 1. The second-order valence-electron chi connectivity index (χ2n) is 9.16. The topological polar surface area (TPSA) is 32.8 Å². The van der Waals surface area contributed by atoms with Gasteiger partial charge in [0.05, 0.1) is 12.8 Å². The summed E-state index contributed by atoms with van der Waals surface area (Å²) in [4.78, 5) is 19.4. The maximum absolute atomic E-state index is 13.5. The number of carbonyl (C=O) groups is 1. The van der Waals surface area contributed by atoms with Crippen molar-refractivity contribution in [1.29, 1.82) is 0 Å². The van der Waals surface area contributed by atoms with Gasteiger partial charge in [-0.1, -0.05) is 37.1 Å². The van der Waals surface area contributed by atoms with E-state index in [0.717, 1.165) is 36.4 Å². The van der Waals surface area contributed by atoms with E-state index < -0.39 is 0 Å². The standard InChI is InChI=1S/C27H36N2O2S/c1-20-10-9-11-21(2)28(20)18-7-4-8-19-29-24-12-5-6-13-25(24)32-26(27(29)30)22-14-16-23(31-3)17-15-22/h5-6,12-17,20-21,26H,4,7-11,18-19H2,1-3H3. The molecule has 0 aromatic heterocycles. The van der Waals surface area contributed by atoms with Crippen molar-refractivity contribution in [3.8, 4) is 5.75 Å². The van der Waals surface area contributed by atoms with Crippen LogP contribution in [0, 0.1) is 0 Å². The van der Waals surface area contributed by atoms with Crippen LogP contribution in [0.15, 0.2) is 53.4 Å². The molecule has 5 heteroatoms. The molecule has 0 aliphatic carbocycles. The highest BCUT2D eigenvalue weighted by Gasteiger charge is 2.34. The minimum atomic E-state index is -0.203. The first-order chi connectivity index (χ1) is 15.6. The summed E-state index contributed by atoms with van der Waals surface area (Å²) in [7, 11) is 1.67. The highest BCUT2D eigenvalue weighted by Crippen LogP contribution is 2.46. The number of ether oxygens (including phenoxy) is 1. The number of amides is 1. The molecule has 0 radical (unpaired) electrons. The zero-order chi connectivity index (χ0) is 22.5. The number of likely N-dealkylation sites (tertiary alicyclic amines) is 1. The number of hydrogen-bond donors (Lipinski definition) is 0. The highest BCUT2D eigenvalue weighted by atomic mass is 32.2. The molecular weight excluding hydrogens is 416 g/mol. The minimum absolute atomic E-state index is 0.192. The van der Waals surface area contributed by atoms with Crippen LogP contribution in [0.5, 0.6) is 5.75 Å². The molecule has 2 heterocycles. The first kappa shape index (κ1) is 23.2. The van der Waals surface area contributed by atoms with Crippen molar-refractivity contribution in [2.24, 2.45) is 0 Å². The number of carbonyl (C=O) groups excluding carboxylic acids is 1. The van der Waals surface area contributed by atoms with Crippen molar-refractivity contribution in [1.82, 2.24) is 4.90 Å². The quantitative estimate of drug-likeness (QED) is 0.440. The van der Waals surface area contributed by atoms with Crippen molar-refractivity contribution in [3.05, 3.63) is 54.1 Å². The number of rotatable bonds is 8. The van der Waals surface area contributed by atoms with E-state index in [-0.39, 0.29) is 11.2 Å². The van der Waals surface area contributed by atoms with E-state index in [1.54, 1.807) is 18.9 Å². The Kier molecular flexibility index (Phi) is 7.80. The molecule has 4 rings (SSSR count). The summed E-state index contributed by atoms with van der Waals surface area (Å²) < 4.78 is 5.29. The second kappa shape index (κ2) is 10.8. The van der Waals surface area contributed by atoms with Crippen LogP contribution < -0.4 is 9.64 Å². The fourth-order valence-electron chi connectivity index (χ4n) is 5.09. The lowest BCUT2D eigenvalue weighted by molar-refractivity contribution is -0.118. The molecular formula is C27H36N2O2S. The zero-order valence-electron chi connectivity index (χ0n) is 19.6. The van der Waals surface area contributed by atoms with Gasteiger partial charge < -0.3 is 9.64 Å². The van der Waals surface area contributed by atoms with Crippen LogP contribution in [0.4, 0.5) is 5.69 Å². The molecule has 2 aliphatic heterocycles. The molecule has 1 amide bonds. The van der Waals surface area contributed by atoms with Gasteiger partial charge in [0, 0.05) is 23.5 Å². The summed E-state index contributed by atoms with van der Waals surface area (Å²) in [6.45, 7) is 6.71. The van der Waals surface area contributed by atoms with Gasteiger partial charge in [0.2, 0.25) is 5.91 Å². The number of unbranched alkanes of at least 4 members (excludes halogenated alkanes) is 2. The maximum atomic E-state index is 13.5. The van der Waals surface area contributed by atoms with E-state index in [9.17, 15) is 4.79 Å². The predicted molar refractivity (Wildman–Crippen MR) is 134 cm³/mol. The lowest BCUT2D eigenvalue weighted by atomic mass is 9.97. The summed E-state index contributed by atoms with van der Waals surface area (Å²) in [5.41, 5.74) is 2.10. The van der Waals surface area contributed by atoms with E-state index in [1.165, 1.54) is 37.1 Å². The molecule has 0 spiro atoms. The third-order valence-corrected chi connectivity index (χ3v) is 8.29. The van der Waals surface area contributed by atoms with Gasteiger partial charge in [0.15, 0.2) is 0 Å². The van der Waals surface area contributed by atoms with Crippen molar-refractivity contribution < 1.29 is 9.53 Å².